The molecule has 0 radical (unpaired) electrons. The quantitative estimate of drug-likeness (QED) is 0.720. The van der Waals surface area contributed by atoms with Crippen molar-refractivity contribution >= 4 is 50.7 Å². The van der Waals surface area contributed by atoms with Crippen molar-refractivity contribution in [2.75, 3.05) is 4.90 Å². The maximum absolute atomic E-state index is 12.8. The lowest BCUT2D eigenvalue weighted by molar-refractivity contribution is -0.126. The van der Waals surface area contributed by atoms with Crippen LogP contribution in [0.1, 0.15) is 5.56 Å². The molecule has 2 amide bonds. The summed E-state index contributed by atoms with van der Waals surface area (Å²) in [6.07, 6.45) is -0.910. The molecule has 2 heterocycles. The summed E-state index contributed by atoms with van der Waals surface area (Å²) in [6, 6.07) is 13.9. The zero-order chi connectivity index (χ0) is 16.8. The number of rotatable bonds is 2. The van der Waals surface area contributed by atoms with Crippen molar-refractivity contribution in [3.05, 3.63) is 63.6 Å². The Kier molecular flexibility index (Phi) is 3.66. The molecule has 0 aliphatic carbocycles. The molecule has 2 unspecified atom stereocenters. The first-order chi connectivity index (χ1) is 11.6. The van der Waals surface area contributed by atoms with E-state index in [-0.39, 0.29) is 5.91 Å². The lowest BCUT2D eigenvalue weighted by Crippen LogP contribution is -2.33. The Labute approximate surface area is 151 Å². The minimum Gasteiger partial charge on any atom is -0.381 e. The first kappa shape index (κ1) is 15.4. The molecule has 0 spiro atoms. The molecule has 1 saturated heterocycles. The summed E-state index contributed by atoms with van der Waals surface area (Å²) in [7, 11) is 0. The highest BCUT2D eigenvalue weighted by atomic mass is 79.9. The van der Waals surface area contributed by atoms with Gasteiger partial charge in [0, 0.05) is 15.1 Å². The van der Waals surface area contributed by atoms with Gasteiger partial charge in [-0.3, -0.25) is 9.59 Å². The number of carbonyl (C=O) groups excluding carboxylic acids is 2. The van der Waals surface area contributed by atoms with Crippen LogP contribution in [0.5, 0.6) is 0 Å². The molecule has 4 rings (SSSR count). The fourth-order valence-corrected chi connectivity index (χ4v) is 3.27. The maximum atomic E-state index is 12.8. The number of oxime groups is 1. The van der Waals surface area contributed by atoms with Crippen molar-refractivity contribution in [1.82, 2.24) is 0 Å². The number of fused-ring (bicyclic) bond motifs is 1. The van der Waals surface area contributed by atoms with E-state index in [9.17, 15) is 9.59 Å². The van der Waals surface area contributed by atoms with Crippen molar-refractivity contribution in [2.45, 2.75) is 6.10 Å². The van der Waals surface area contributed by atoms with E-state index in [4.69, 9.17) is 16.4 Å². The van der Waals surface area contributed by atoms with E-state index in [1.165, 1.54) is 0 Å². The van der Waals surface area contributed by atoms with Crippen LogP contribution in [0.4, 0.5) is 5.69 Å². The highest BCUT2D eigenvalue weighted by molar-refractivity contribution is 9.10. The summed E-state index contributed by atoms with van der Waals surface area (Å²) >= 11 is 9.23. The lowest BCUT2D eigenvalue weighted by atomic mass is 9.94. The molecule has 0 saturated carbocycles. The molecule has 5 nitrogen and oxygen atoms in total. The van der Waals surface area contributed by atoms with Crippen molar-refractivity contribution < 1.29 is 14.4 Å². The summed E-state index contributed by atoms with van der Waals surface area (Å²) in [5.41, 5.74) is 1.70. The summed E-state index contributed by atoms with van der Waals surface area (Å²) in [5.74, 6) is -1.48. The van der Waals surface area contributed by atoms with Gasteiger partial charge in [-0.1, -0.05) is 44.8 Å². The topological polar surface area (TPSA) is 59.0 Å². The predicted molar refractivity (Wildman–Crippen MR) is 93.0 cm³/mol. The Morgan fingerprint density at radius 3 is 2.33 bits per heavy atom. The molecular weight excluding hydrogens is 396 g/mol. The molecule has 2 aromatic carbocycles. The molecular formula is C17H10BrClN2O3. The van der Waals surface area contributed by atoms with E-state index in [1.807, 2.05) is 24.3 Å². The van der Waals surface area contributed by atoms with Crippen LogP contribution in [0.25, 0.3) is 0 Å². The number of hydrogen-bond donors (Lipinski definition) is 0. The molecule has 0 N–H and O–H groups in total. The van der Waals surface area contributed by atoms with E-state index in [0.29, 0.717) is 16.4 Å². The zero-order valence-electron chi connectivity index (χ0n) is 12.1. The molecule has 120 valence electrons. The standard InChI is InChI=1S/C17H10BrClN2O3/c18-10-3-1-9(2-4-10)14-13-15(24-20-14)17(23)21(16(13)22)12-7-5-11(19)6-8-12/h1-8,13,15H. The molecule has 2 aliphatic rings. The van der Waals surface area contributed by atoms with Gasteiger partial charge < -0.3 is 4.84 Å². The number of halogens is 2. The molecule has 2 aliphatic heterocycles. The number of imide groups is 1. The summed E-state index contributed by atoms with van der Waals surface area (Å²) in [4.78, 5) is 31.8. The molecule has 2 aromatic rings. The van der Waals surface area contributed by atoms with E-state index < -0.39 is 17.9 Å². The second-order valence-electron chi connectivity index (χ2n) is 5.48. The Morgan fingerprint density at radius 2 is 1.67 bits per heavy atom. The normalized spacial score (nSPS) is 22.4. The third-order valence-electron chi connectivity index (χ3n) is 4.04. The van der Waals surface area contributed by atoms with Crippen LogP contribution in [-0.4, -0.2) is 23.6 Å². The molecule has 0 bridgehead atoms. The number of hydrogen-bond acceptors (Lipinski definition) is 4. The van der Waals surface area contributed by atoms with Crippen LogP contribution in [0.15, 0.2) is 58.2 Å². The monoisotopic (exact) mass is 404 g/mol. The van der Waals surface area contributed by atoms with Crippen molar-refractivity contribution in [2.24, 2.45) is 11.1 Å². The van der Waals surface area contributed by atoms with Crippen LogP contribution in [0, 0.1) is 5.92 Å². The van der Waals surface area contributed by atoms with Gasteiger partial charge in [0.2, 0.25) is 12.0 Å². The smallest absolute Gasteiger partial charge is 0.278 e. The Morgan fingerprint density at radius 1 is 1.00 bits per heavy atom. The first-order valence-electron chi connectivity index (χ1n) is 7.19. The van der Waals surface area contributed by atoms with Crippen LogP contribution in [0.3, 0.4) is 0 Å². The first-order valence-corrected chi connectivity index (χ1v) is 8.36. The zero-order valence-corrected chi connectivity index (χ0v) is 14.5. The van der Waals surface area contributed by atoms with Gasteiger partial charge in [-0.05, 0) is 36.4 Å². The number of anilines is 1. The predicted octanol–water partition coefficient (Wildman–Crippen LogP) is 3.40. The maximum Gasteiger partial charge on any atom is 0.278 e. The largest absolute Gasteiger partial charge is 0.381 e. The van der Waals surface area contributed by atoms with Crippen LogP contribution < -0.4 is 4.90 Å². The third kappa shape index (κ3) is 2.34. The molecule has 24 heavy (non-hydrogen) atoms. The second-order valence-corrected chi connectivity index (χ2v) is 6.83. The minimum absolute atomic E-state index is 0.341. The molecule has 7 heteroatoms. The van der Waals surface area contributed by atoms with Gasteiger partial charge in [0.25, 0.3) is 5.91 Å². The van der Waals surface area contributed by atoms with Gasteiger partial charge in [0.05, 0.1) is 5.69 Å². The van der Waals surface area contributed by atoms with Gasteiger partial charge in [-0.25, -0.2) is 4.90 Å². The molecule has 0 aromatic heterocycles. The van der Waals surface area contributed by atoms with Gasteiger partial charge in [0.15, 0.2) is 0 Å². The number of amides is 2. The van der Waals surface area contributed by atoms with Crippen LogP contribution in [0.2, 0.25) is 5.02 Å². The van der Waals surface area contributed by atoms with Gasteiger partial charge in [0.1, 0.15) is 11.6 Å². The van der Waals surface area contributed by atoms with E-state index in [0.717, 1.165) is 14.9 Å². The van der Waals surface area contributed by atoms with E-state index in [2.05, 4.69) is 21.1 Å². The number of carbonyl (C=O) groups is 2. The minimum atomic E-state index is -0.910. The summed E-state index contributed by atoms with van der Waals surface area (Å²) < 4.78 is 0.916. The highest BCUT2D eigenvalue weighted by Crippen LogP contribution is 2.35. The number of nitrogens with zero attached hydrogens (tertiary/aromatic N) is 2. The van der Waals surface area contributed by atoms with Crippen molar-refractivity contribution in [3.63, 3.8) is 0 Å². The SMILES string of the molecule is O=C1C2ON=C(c3ccc(Br)cc3)C2C(=O)N1c1ccc(Cl)cc1. The fraction of sp³-hybridized carbons (Fsp3) is 0.118. The van der Waals surface area contributed by atoms with Crippen LogP contribution in [-0.2, 0) is 14.4 Å². The van der Waals surface area contributed by atoms with Gasteiger partial charge in [-0.15, -0.1) is 0 Å². The molecule has 2 atom stereocenters. The van der Waals surface area contributed by atoms with E-state index >= 15 is 0 Å². The average molecular weight is 406 g/mol. The fourth-order valence-electron chi connectivity index (χ4n) is 2.88. The third-order valence-corrected chi connectivity index (χ3v) is 4.82. The summed E-state index contributed by atoms with van der Waals surface area (Å²) in [5, 5.41) is 4.51. The Balaban J connectivity index is 1.69. The van der Waals surface area contributed by atoms with Crippen LogP contribution >= 0.6 is 27.5 Å². The molecule has 1 fully saturated rings. The van der Waals surface area contributed by atoms with Crippen molar-refractivity contribution in [3.8, 4) is 0 Å². The van der Waals surface area contributed by atoms with Gasteiger partial charge >= 0.3 is 0 Å². The Bertz CT molecular complexity index is 864. The van der Waals surface area contributed by atoms with E-state index in [1.54, 1.807) is 24.3 Å². The lowest BCUT2D eigenvalue weighted by Gasteiger charge is -2.15. The van der Waals surface area contributed by atoms with Gasteiger partial charge in [-0.2, -0.15) is 0 Å². The average Bonchev–Trinajstić information content (AvgIpc) is 3.11. The van der Waals surface area contributed by atoms with Crippen molar-refractivity contribution in [1.29, 1.82) is 0 Å². The highest BCUT2D eigenvalue weighted by Gasteiger charge is 2.56. The number of benzene rings is 2. The second kappa shape index (κ2) is 5.72. The Hall–Kier alpha value is -2.18. The summed E-state index contributed by atoms with van der Waals surface area (Å²) in [6.45, 7) is 0.